The van der Waals surface area contributed by atoms with Crippen LogP contribution in [-0.4, -0.2) is 89.5 Å². The summed E-state index contributed by atoms with van der Waals surface area (Å²) in [6.07, 6.45) is -0.337. The fourth-order valence-electron chi connectivity index (χ4n) is 5.28. The Morgan fingerprint density at radius 1 is 1.11 bits per heavy atom. The van der Waals surface area contributed by atoms with Gasteiger partial charge in [-0.05, 0) is 50.3 Å². The molecular formula is C25H37F3N6O2S. The Morgan fingerprint density at radius 3 is 2.38 bits per heavy atom. The summed E-state index contributed by atoms with van der Waals surface area (Å²) in [5.41, 5.74) is 0.0229. The van der Waals surface area contributed by atoms with Crippen LogP contribution in [-0.2, 0) is 12.7 Å². The monoisotopic (exact) mass is 542 g/mol. The predicted octanol–water partition coefficient (Wildman–Crippen LogP) is 3.82. The third kappa shape index (κ3) is 6.83. The quantitative estimate of drug-likeness (QED) is 0.552. The number of alkyl halides is 3. The Bertz CT molecular complexity index is 984. The number of hydrogen-bond donors (Lipinski definition) is 2. The van der Waals surface area contributed by atoms with Crippen LogP contribution in [0.1, 0.15) is 44.2 Å². The number of carbonyl (C=O) groups excluding carboxylic acids is 1. The molecule has 206 valence electrons. The molecule has 12 heteroatoms. The van der Waals surface area contributed by atoms with Crippen molar-refractivity contribution in [2.45, 2.75) is 51.4 Å². The van der Waals surface area contributed by atoms with Crippen molar-refractivity contribution in [3.63, 3.8) is 0 Å². The first-order valence-electron chi connectivity index (χ1n) is 12.8. The van der Waals surface area contributed by atoms with Crippen LogP contribution in [0, 0.1) is 5.92 Å². The van der Waals surface area contributed by atoms with Gasteiger partial charge in [0, 0.05) is 64.2 Å². The van der Waals surface area contributed by atoms with Crippen LogP contribution in [0.4, 0.5) is 23.7 Å². The van der Waals surface area contributed by atoms with Crippen molar-refractivity contribution in [2.24, 2.45) is 11.0 Å². The summed E-state index contributed by atoms with van der Waals surface area (Å²) < 4.78 is 43.7. The van der Waals surface area contributed by atoms with E-state index in [0.717, 1.165) is 30.3 Å². The summed E-state index contributed by atoms with van der Waals surface area (Å²) in [7, 11) is 0. The molecule has 0 radical (unpaired) electrons. The van der Waals surface area contributed by atoms with E-state index in [9.17, 15) is 23.1 Å². The number of halogens is 3. The van der Waals surface area contributed by atoms with Crippen molar-refractivity contribution in [3.8, 4) is 0 Å². The molecule has 3 aliphatic rings. The van der Waals surface area contributed by atoms with Gasteiger partial charge in [-0.1, -0.05) is 18.0 Å². The van der Waals surface area contributed by atoms with E-state index < -0.39 is 17.3 Å². The first kappa shape index (κ1) is 27.8. The maximum absolute atomic E-state index is 13.5. The molecular weight excluding hydrogens is 505 g/mol. The van der Waals surface area contributed by atoms with Crippen molar-refractivity contribution >= 4 is 29.5 Å². The summed E-state index contributed by atoms with van der Waals surface area (Å²) in [6.45, 7) is 8.25. The highest BCUT2D eigenvalue weighted by molar-refractivity contribution is 7.97. The average Bonchev–Trinajstić information content (AvgIpc) is 3.32. The molecule has 0 unspecified atom stereocenters. The number of amidine groups is 1. The van der Waals surface area contributed by atoms with Gasteiger partial charge in [0.1, 0.15) is 5.84 Å². The molecule has 0 aliphatic carbocycles. The van der Waals surface area contributed by atoms with E-state index in [0.29, 0.717) is 64.5 Å². The van der Waals surface area contributed by atoms with Gasteiger partial charge in [0.05, 0.1) is 17.7 Å². The normalized spacial score (nSPS) is 20.4. The molecule has 0 aromatic heterocycles. The van der Waals surface area contributed by atoms with Gasteiger partial charge >= 0.3 is 12.2 Å². The summed E-state index contributed by atoms with van der Waals surface area (Å²) in [6, 6.07) is 3.91. The Hall–Kier alpha value is -2.18. The smallest absolute Gasteiger partial charge is 0.390 e. The second kappa shape index (κ2) is 11.3. The zero-order valence-corrected chi connectivity index (χ0v) is 22.5. The molecule has 2 N–H and O–H groups in total. The Kier molecular flexibility index (Phi) is 8.49. The van der Waals surface area contributed by atoms with Gasteiger partial charge in [-0.2, -0.15) is 18.3 Å². The van der Waals surface area contributed by atoms with Crippen molar-refractivity contribution in [2.75, 3.05) is 57.0 Å². The summed E-state index contributed by atoms with van der Waals surface area (Å²) in [5, 5.41) is 16.2. The highest BCUT2D eigenvalue weighted by Crippen LogP contribution is 2.37. The summed E-state index contributed by atoms with van der Waals surface area (Å²) in [4.78, 5) is 18.9. The van der Waals surface area contributed by atoms with E-state index in [-0.39, 0.29) is 11.9 Å². The number of urea groups is 1. The molecule has 2 saturated heterocycles. The van der Waals surface area contributed by atoms with Gasteiger partial charge in [0.15, 0.2) is 0 Å². The molecule has 0 atom stereocenters. The molecule has 3 heterocycles. The van der Waals surface area contributed by atoms with E-state index in [2.05, 4.69) is 14.7 Å². The number of anilines is 1. The standard InChI is InChI=1S/C25H37F3N6O2S/c1-24(2,36)19-6-9-32(10-7-19)21-16-20(25(26,27)28)5-4-18(21)17-31-12-14-33(15-13-31)23(35)34-11-8-22(29-34)30-37-3/h4-5,16,19,36H,6-15,17H2,1-3H3,(H,29,30). The minimum absolute atomic E-state index is 0.109. The number of rotatable bonds is 5. The number of aliphatic hydroxyl groups is 1. The van der Waals surface area contributed by atoms with Crippen molar-refractivity contribution < 1.29 is 23.1 Å². The third-order valence-corrected chi connectivity index (χ3v) is 7.97. The van der Waals surface area contributed by atoms with E-state index >= 15 is 0 Å². The molecule has 37 heavy (non-hydrogen) atoms. The molecule has 2 amide bonds. The molecule has 0 saturated carbocycles. The lowest BCUT2D eigenvalue weighted by atomic mass is 9.83. The summed E-state index contributed by atoms with van der Waals surface area (Å²) in [5.74, 6) is 0.914. The van der Waals surface area contributed by atoms with Gasteiger partial charge in [-0.15, -0.1) is 0 Å². The zero-order chi connectivity index (χ0) is 26.8. The number of nitrogens with zero attached hydrogens (tertiary/aromatic N) is 5. The number of piperazine rings is 1. The van der Waals surface area contributed by atoms with E-state index in [1.807, 2.05) is 11.2 Å². The van der Waals surface area contributed by atoms with Crippen LogP contribution in [0.15, 0.2) is 23.3 Å². The first-order chi connectivity index (χ1) is 17.5. The van der Waals surface area contributed by atoms with E-state index in [1.54, 1.807) is 24.8 Å². The van der Waals surface area contributed by atoms with Gasteiger partial charge < -0.3 is 19.6 Å². The van der Waals surface area contributed by atoms with Crippen molar-refractivity contribution in [1.29, 1.82) is 0 Å². The number of hydrazone groups is 1. The number of nitrogens with one attached hydrogen (secondary N) is 1. The maximum atomic E-state index is 13.5. The molecule has 2 fully saturated rings. The van der Waals surface area contributed by atoms with Crippen LogP contribution in [0.3, 0.4) is 0 Å². The number of piperidine rings is 1. The molecule has 3 aliphatic heterocycles. The van der Waals surface area contributed by atoms with Crippen LogP contribution >= 0.6 is 11.9 Å². The highest BCUT2D eigenvalue weighted by Gasteiger charge is 2.35. The topological polar surface area (TPSA) is 74.7 Å². The fraction of sp³-hybridized carbons (Fsp3) is 0.680. The highest BCUT2D eigenvalue weighted by atomic mass is 32.2. The van der Waals surface area contributed by atoms with Crippen LogP contribution in [0.2, 0.25) is 0 Å². The number of benzene rings is 1. The largest absolute Gasteiger partial charge is 0.416 e. The molecule has 0 spiro atoms. The number of hydrogen-bond acceptors (Lipinski definition) is 7. The zero-order valence-electron chi connectivity index (χ0n) is 21.7. The molecule has 0 bridgehead atoms. The van der Waals surface area contributed by atoms with Gasteiger partial charge in [-0.3, -0.25) is 4.90 Å². The van der Waals surface area contributed by atoms with Crippen LogP contribution in [0.25, 0.3) is 0 Å². The average molecular weight is 543 g/mol. The molecule has 4 rings (SSSR count). The van der Waals surface area contributed by atoms with Crippen LogP contribution in [0.5, 0.6) is 0 Å². The third-order valence-electron chi connectivity index (χ3n) is 7.53. The van der Waals surface area contributed by atoms with Crippen molar-refractivity contribution in [3.05, 3.63) is 29.3 Å². The number of carbonyl (C=O) groups is 1. The lowest BCUT2D eigenvalue weighted by Gasteiger charge is -2.40. The maximum Gasteiger partial charge on any atom is 0.416 e. The van der Waals surface area contributed by atoms with Gasteiger partial charge in [0.2, 0.25) is 0 Å². The lowest BCUT2D eigenvalue weighted by molar-refractivity contribution is -0.137. The fourth-order valence-corrected chi connectivity index (χ4v) is 5.66. The molecule has 1 aromatic rings. The second-order valence-corrected chi connectivity index (χ2v) is 11.1. The van der Waals surface area contributed by atoms with Crippen LogP contribution < -0.4 is 9.62 Å². The minimum Gasteiger partial charge on any atom is -0.390 e. The van der Waals surface area contributed by atoms with E-state index in [4.69, 9.17) is 0 Å². The summed E-state index contributed by atoms with van der Waals surface area (Å²) >= 11 is 1.45. The van der Waals surface area contributed by atoms with E-state index in [1.165, 1.54) is 23.0 Å². The number of amides is 2. The second-order valence-electron chi connectivity index (χ2n) is 10.5. The Morgan fingerprint density at radius 2 is 1.78 bits per heavy atom. The predicted molar refractivity (Wildman–Crippen MR) is 140 cm³/mol. The lowest BCUT2D eigenvalue weighted by Crippen LogP contribution is -2.51. The first-order valence-corrected chi connectivity index (χ1v) is 14.0. The van der Waals surface area contributed by atoms with Crippen molar-refractivity contribution in [1.82, 2.24) is 19.5 Å². The van der Waals surface area contributed by atoms with Gasteiger partial charge in [0.25, 0.3) is 0 Å². The Balaban J connectivity index is 1.41. The molecule has 1 aromatic carbocycles. The Labute approximate surface area is 221 Å². The minimum atomic E-state index is -4.41. The molecule has 8 nitrogen and oxygen atoms in total. The SMILES string of the molecule is CSNC1=NN(C(=O)N2CCN(Cc3ccc(C(F)(F)F)cc3N3CCC(C(C)(C)O)CC3)CC2)CC1. The van der Waals surface area contributed by atoms with Gasteiger partial charge in [-0.25, -0.2) is 9.80 Å².